The van der Waals surface area contributed by atoms with Crippen LogP contribution < -0.4 is 21.7 Å². The third kappa shape index (κ3) is 9.04. The molecule has 6 N–H and O–H groups in total. The van der Waals surface area contributed by atoms with Crippen LogP contribution in [0.3, 0.4) is 0 Å². The lowest BCUT2D eigenvalue weighted by molar-refractivity contribution is -0.139. The van der Waals surface area contributed by atoms with Gasteiger partial charge >= 0.3 is 5.97 Å². The minimum atomic E-state index is -1.17. The van der Waals surface area contributed by atoms with Crippen LogP contribution in [0.1, 0.15) is 40.5 Å². The van der Waals surface area contributed by atoms with Crippen molar-refractivity contribution in [1.82, 2.24) is 16.0 Å². The van der Waals surface area contributed by atoms with Crippen LogP contribution in [-0.4, -0.2) is 54.0 Å². The molecule has 0 bridgehead atoms. The first kappa shape index (κ1) is 22.8. The van der Waals surface area contributed by atoms with Gasteiger partial charge in [-0.25, -0.2) is 0 Å². The molecular weight excluding hydrogens is 328 g/mol. The summed E-state index contributed by atoms with van der Waals surface area (Å²) in [5.74, 6) is -2.77. The van der Waals surface area contributed by atoms with Crippen molar-refractivity contribution in [3.8, 4) is 0 Å². The van der Waals surface area contributed by atoms with Crippen molar-refractivity contribution in [3.05, 3.63) is 0 Å². The van der Waals surface area contributed by atoms with Gasteiger partial charge in [0.05, 0.1) is 6.54 Å². The summed E-state index contributed by atoms with van der Waals surface area (Å²) in [4.78, 5) is 46.9. The Kier molecular flexibility index (Phi) is 10.4. The average molecular weight is 358 g/mol. The number of aliphatic carboxylic acids is 1. The van der Waals surface area contributed by atoms with Crippen LogP contribution in [0, 0.1) is 11.8 Å². The molecule has 144 valence electrons. The molecule has 0 fully saturated rings. The third-order valence-corrected chi connectivity index (χ3v) is 3.75. The normalized spacial score (nSPS) is 14.3. The van der Waals surface area contributed by atoms with Gasteiger partial charge in [0, 0.05) is 0 Å². The molecule has 0 aliphatic heterocycles. The van der Waals surface area contributed by atoms with Gasteiger partial charge in [0.25, 0.3) is 0 Å². The number of hydrogen-bond acceptors (Lipinski definition) is 5. The highest BCUT2D eigenvalue weighted by Gasteiger charge is 2.30. The maximum absolute atomic E-state index is 12.5. The second kappa shape index (κ2) is 11.4. The Bertz CT molecular complexity index is 481. The first-order chi connectivity index (χ1) is 11.6. The number of carboxylic acid groups (broad SMARTS) is 1. The lowest BCUT2D eigenvalue weighted by Crippen LogP contribution is -2.56. The van der Waals surface area contributed by atoms with Gasteiger partial charge in [-0.3, -0.25) is 19.2 Å². The van der Waals surface area contributed by atoms with Crippen LogP contribution in [0.4, 0.5) is 0 Å². The molecule has 3 amide bonds. The molecule has 9 heteroatoms. The number of carbonyl (C=O) groups excluding carboxylic acids is 3. The second-order valence-electron chi connectivity index (χ2n) is 6.44. The Morgan fingerprint density at radius 3 is 2.08 bits per heavy atom. The van der Waals surface area contributed by atoms with E-state index in [1.54, 1.807) is 6.92 Å². The van der Waals surface area contributed by atoms with Gasteiger partial charge in [-0.05, 0) is 18.3 Å². The molecule has 0 radical (unpaired) electrons. The fourth-order valence-electron chi connectivity index (χ4n) is 2.18. The summed E-state index contributed by atoms with van der Waals surface area (Å²) in [7, 11) is 0. The summed E-state index contributed by atoms with van der Waals surface area (Å²) in [5.41, 5.74) is 5.27. The molecule has 9 nitrogen and oxygen atoms in total. The molecule has 3 atom stereocenters. The zero-order chi connectivity index (χ0) is 19.6. The van der Waals surface area contributed by atoms with Crippen LogP contribution in [0.2, 0.25) is 0 Å². The summed E-state index contributed by atoms with van der Waals surface area (Å²) < 4.78 is 0. The number of amides is 3. The summed E-state index contributed by atoms with van der Waals surface area (Å²) in [6.07, 6.45) is 0.997. The fourth-order valence-corrected chi connectivity index (χ4v) is 2.18. The Morgan fingerprint density at radius 1 is 1.04 bits per heavy atom. The number of carbonyl (C=O) groups is 4. The van der Waals surface area contributed by atoms with Crippen molar-refractivity contribution in [1.29, 1.82) is 0 Å². The lowest BCUT2D eigenvalue weighted by atomic mass is 9.96. The van der Waals surface area contributed by atoms with E-state index >= 15 is 0 Å². The molecule has 0 saturated carbocycles. The molecule has 0 aromatic heterocycles. The molecule has 0 unspecified atom stereocenters. The summed E-state index contributed by atoms with van der Waals surface area (Å²) >= 11 is 0. The van der Waals surface area contributed by atoms with Gasteiger partial charge in [-0.15, -0.1) is 0 Å². The van der Waals surface area contributed by atoms with E-state index in [2.05, 4.69) is 16.0 Å². The lowest BCUT2D eigenvalue weighted by Gasteiger charge is -2.27. The van der Waals surface area contributed by atoms with Crippen LogP contribution in [-0.2, 0) is 19.2 Å². The number of rotatable bonds is 11. The summed E-state index contributed by atoms with van der Waals surface area (Å²) in [5, 5.41) is 16.1. The first-order valence-corrected chi connectivity index (χ1v) is 8.41. The second-order valence-corrected chi connectivity index (χ2v) is 6.44. The van der Waals surface area contributed by atoms with Gasteiger partial charge < -0.3 is 26.8 Å². The largest absolute Gasteiger partial charge is 0.480 e. The predicted octanol–water partition coefficient (Wildman–Crippen LogP) is -0.792. The van der Waals surface area contributed by atoms with Gasteiger partial charge in [-0.2, -0.15) is 0 Å². The molecule has 0 heterocycles. The van der Waals surface area contributed by atoms with Crippen LogP contribution >= 0.6 is 0 Å². The highest BCUT2D eigenvalue weighted by atomic mass is 16.4. The number of nitrogens with one attached hydrogen (secondary N) is 3. The molecule has 0 spiro atoms. The quantitative estimate of drug-likeness (QED) is 0.326. The molecule has 25 heavy (non-hydrogen) atoms. The van der Waals surface area contributed by atoms with Crippen LogP contribution in [0.15, 0.2) is 0 Å². The van der Waals surface area contributed by atoms with Gasteiger partial charge in [0.2, 0.25) is 17.7 Å². The molecule has 0 aliphatic carbocycles. The van der Waals surface area contributed by atoms with Crippen molar-refractivity contribution < 1.29 is 24.3 Å². The van der Waals surface area contributed by atoms with Crippen molar-refractivity contribution in [3.63, 3.8) is 0 Å². The molecule has 0 aliphatic rings. The van der Waals surface area contributed by atoms with Crippen molar-refractivity contribution in [2.75, 3.05) is 13.1 Å². The molecule has 0 aromatic rings. The van der Waals surface area contributed by atoms with Gasteiger partial charge in [-0.1, -0.05) is 34.1 Å². The van der Waals surface area contributed by atoms with E-state index in [0.29, 0.717) is 12.8 Å². The first-order valence-electron chi connectivity index (χ1n) is 8.41. The van der Waals surface area contributed by atoms with E-state index in [4.69, 9.17) is 10.8 Å². The van der Waals surface area contributed by atoms with Gasteiger partial charge in [0.1, 0.15) is 18.6 Å². The van der Waals surface area contributed by atoms with E-state index in [9.17, 15) is 19.2 Å². The number of carboxylic acids is 1. The van der Waals surface area contributed by atoms with E-state index < -0.39 is 42.3 Å². The molecule has 0 rings (SSSR count). The minimum Gasteiger partial charge on any atom is -0.480 e. The van der Waals surface area contributed by atoms with E-state index in [0.717, 1.165) is 0 Å². The van der Waals surface area contributed by atoms with Crippen LogP contribution in [0.5, 0.6) is 0 Å². The Hall–Kier alpha value is -2.16. The van der Waals surface area contributed by atoms with E-state index in [-0.39, 0.29) is 18.4 Å². The van der Waals surface area contributed by atoms with E-state index in [1.165, 1.54) is 0 Å². The summed E-state index contributed by atoms with van der Waals surface area (Å²) in [6.45, 7) is 6.68. The Labute approximate surface area is 148 Å². The highest BCUT2D eigenvalue weighted by Crippen LogP contribution is 2.10. The number of hydrogen-bond donors (Lipinski definition) is 5. The minimum absolute atomic E-state index is 0.136. The maximum Gasteiger partial charge on any atom is 0.322 e. The van der Waals surface area contributed by atoms with Crippen molar-refractivity contribution >= 4 is 23.7 Å². The van der Waals surface area contributed by atoms with Crippen LogP contribution in [0.25, 0.3) is 0 Å². The molecule has 0 aromatic carbocycles. The SMILES string of the molecule is CC[C@H](C)[C@H](NC(=O)[C@H](CC(C)C)NC(=O)CN)C(=O)NCC(=O)O. The zero-order valence-corrected chi connectivity index (χ0v) is 15.3. The highest BCUT2D eigenvalue weighted by molar-refractivity contribution is 5.93. The zero-order valence-electron chi connectivity index (χ0n) is 15.3. The van der Waals surface area contributed by atoms with Crippen molar-refractivity contribution in [2.45, 2.75) is 52.6 Å². The molecule has 0 saturated heterocycles. The third-order valence-electron chi connectivity index (χ3n) is 3.75. The number of nitrogens with two attached hydrogens (primary N) is 1. The fraction of sp³-hybridized carbons (Fsp3) is 0.750. The van der Waals surface area contributed by atoms with E-state index in [1.807, 2.05) is 20.8 Å². The smallest absolute Gasteiger partial charge is 0.322 e. The Morgan fingerprint density at radius 2 is 1.64 bits per heavy atom. The standard InChI is InChI=1S/C16H30N4O5/c1-5-10(4)14(16(25)18-8-13(22)23)20-15(24)11(6-9(2)3)19-12(21)7-17/h9-11,14H,5-8,17H2,1-4H3,(H,18,25)(H,19,21)(H,20,24)(H,22,23)/t10-,11-,14-/m0/s1. The summed E-state index contributed by atoms with van der Waals surface area (Å²) in [6, 6.07) is -1.70. The maximum atomic E-state index is 12.5. The van der Waals surface area contributed by atoms with Gasteiger partial charge in [0.15, 0.2) is 0 Å². The predicted molar refractivity (Wildman–Crippen MR) is 92.5 cm³/mol. The monoisotopic (exact) mass is 358 g/mol. The average Bonchev–Trinajstić information content (AvgIpc) is 2.55. The topological polar surface area (TPSA) is 151 Å². The Balaban J connectivity index is 5.13. The molecular formula is C16H30N4O5. The van der Waals surface area contributed by atoms with Crippen molar-refractivity contribution in [2.24, 2.45) is 17.6 Å².